The summed E-state index contributed by atoms with van der Waals surface area (Å²) in [5.41, 5.74) is 5.48. The first-order chi connectivity index (χ1) is 14.9. The Balaban J connectivity index is 1.48. The number of nitrogens with one attached hydrogen (secondary N) is 1. The van der Waals surface area contributed by atoms with Gasteiger partial charge in [0.05, 0.1) is 11.9 Å². The van der Waals surface area contributed by atoms with Crippen molar-refractivity contribution in [2.75, 3.05) is 17.5 Å². The molecule has 0 aliphatic carbocycles. The molecule has 1 aliphatic rings. The van der Waals surface area contributed by atoms with Crippen LogP contribution in [0.15, 0.2) is 72.8 Å². The van der Waals surface area contributed by atoms with Crippen molar-refractivity contribution in [3.8, 4) is 11.1 Å². The van der Waals surface area contributed by atoms with Crippen molar-refractivity contribution in [1.29, 1.82) is 0 Å². The van der Waals surface area contributed by atoms with E-state index in [0.717, 1.165) is 34.1 Å². The maximum absolute atomic E-state index is 12.5. The highest BCUT2D eigenvalue weighted by Crippen LogP contribution is 2.31. The smallest absolute Gasteiger partial charge is 0.410 e. The maximum atomic E-state index is 12.5. The first-order valence-electron chi connectivity index (χ1n) is 10.0. The molecule has 7 heteroatoms. The van der Waals surface area contributed by atoms with Crippen LogP contribution in [0.3, 0.4) is 0 Å². The molecule has 4 rings (SSSR count). The Kier molecular flexibility index (Phi) is 5.95. The van der Waals surface area contributed by atoms with Gasteiger partial charge in [0.15, 0.2) is 0 Å². The second-order valence-electron chi connectivity index (χ2n) is 7.62. The largest absolute Gasteiger partial charge is 0.445 e. The zero-order valence-electron chi connectivity index (χ0n) is 17.2. The van der Waals surface area contributed by atoms with Gasteiger partial charge < -0.3 is 9.64 Å². The molecule has 0 radical (unpaired) electrons. The van der Waals surface area contributed by atoms with Gasteiger partial charge in [0.2, 0.25) is 10.0 Å². The molecule has 31 heavy (non-hydrogen) atoms. The average molecular weight is 437 g/mol. The standard InChI is InChI=1S/C24H24N2O4S/c1-31(28,29)25-23-10-6-5-9-22(23)20-11-12-21-16-26(14-13-19(21)15-20)24(27)30-17-18-7-3-2-4-8-18/h2-12,15,25H,13-14,16-17H2,1H3. The summed E-state index contributed by atoms with van der Waals surface area (Å²) in [5, 5.41) is 0. The van der Waals surface area contributed by atoms with Crippen molar-refractivity contribution in [2.24, 2.45) is 0 Å². The van der Waals surface area contributed by atoms with Crippen molar-refractivity contribution < 1.29 is 17.9 Å². The second-order valence-corrected chi connectivity index (χ2v) is 9.36. The monoisotopic (exact) mass is 436 g/mol. The van der Waals surface area contributed by atoms with Crippen molar-refractivity contribution in [2.45, 2.75) is 19.6 Å². The van der Waals surface area contributed by atoms with E-state index in [-0.39, 0.29) is 12.7 Å². The van der Waals surface area contributed by atoms with Gasteiger partial charge >= 0.3 is 6.09 Å². The quantitative estimate of drug-likeness (QED) is 0.642. The molecule has 3 aromatic carbocycles. The highest BCUT2D eigenvalue weighted by Gasteiger charge is 2.22. The normalized spacial score (nSPS) is 13.4. The summed E-state index contributed by atoms with van der Waals surface area (Å²) in [6, 6.07) is 23.0. The Morgan fingerprint density at radius 1 is 1.00 bits per heavy atom. The lowest BCUT2D eigenvalue weighted by Gasteiger charge is -2.28. The fraction of sp³-hybridized carbons (Fsp3) is 0.208. The summed E-state index contributed by atoms with van der Waals surface area (Å²) < 4.78 is 31.4. The molecule has 0 atom stereocenters. The van der Waals surface area contributed by atoms with Crippen molar-refractivity contribution in [1.82, 2.24) is 4.90 Å². The summed E-state index contributed by atoms with van der Waals surface area (Å²) in [7, 11) is -3.38. The summed E-state index contributed by atoms with van der Waals surface area (Å²) in [6.07, 6.45) is 1.54. The van der Waals surface area contributed by atoms with E-state index in [1.807, 2.05) is 54.6 Å². The topological polar surface area (TPSA) is 75.7 Å². The van der Waals surface area contributed by atoms with Crippen LogP contribution in [0.25, 0.3) is 11.1 Å². The van der Waals surface area contributed by atoms with Gasteiger partial charge in [-0.25, -0.2) is 13.2 Å². The molecule has 0 fully saturated rings. The lowest BCUT2D eigenvalue weighted by molar-refractivity contribution is 0.0918. The predicted molar refractivity (Wildman–Crippen MR) is 121 cm³/mol. The molecule has 0 saturated carbocycles. The molecule has 1 amide bonds. The number of rotatable bonds is 5. The number of amides is 1. The number of fused-ring (bicyclic) bond motifs is 1. The number of carbonyl (C=O) groups is 1. The third-order valence-corrected chi connectivity index (χ3v) is 5.81. The Labute approximate surface area is 182 Å². The number of para-hydroxylation sites is 1. The first kappa shape index (κ1) is 20.9. The Morgan fingerprint density at radius 2 is 1.74 bits per heavy atom. The molecule has 0 unspecified atom stereocenters. The molecule has 0 spiro atoms. The van der Waals surface area contributed by atoms with Gasteiger partial charge in [-0.3, -0.25) is 4.72 Å². The van der Waals surface area contributed by atoms with Gasteiger partial charge in [-0.15, -0.1) is 0 Å². The zero-order valence-corrected chi connectivity index (χ0v) is 18.1. The van der Waals surface area contributed by atoms with Crippen LogP contribution in [0.2, 0.25) is 0 Å². The molecular formula is C24H24N2O4S. The zero-order chi connectivity index (χ0) is 21.8. The number of hydrogen-bond acceptors (Lipinski definition) is 4. The third kappa shape index (κ3) is 5.24. The van der Waals surface area contributed by atoms with Crippen LogP contribution in [0, 0.1) is 0 Å². The van der Waals surface area contributed by atoms with E-state index < -0.39 is 10.0 Å². The third-order valence-electron chi connectivity index (χ3n) is 5.22. The van der Waals surface area contributed by atoms with Crippen LogP contribution in [-0.2, 0) is 34.3 Å². The lowest BCUT2D eigenvalue weighted by atomic mass is 9.94. The highest BCUT2D eigenvalue weighted by atomic mass is 32.2. The van der Waals surface area contributed by atoms with Crippen LogP contribution in [0.4, 0.5) is 10.5 Å². The van der Waals surface area contributed by atoms with Gasteiger partial charge in [-0.1, -0.05) is 66.7 Å². The predicted octanol–water partition coefficient (Wildman–Crippen LogP) is 4.42. The number of benzene rings is 3. The van der Waals surface area contributed by atoms with Gasteiger partial charge in [0, 0.05) is 18.7 Å². The highest BCUT2D eigenvalue weighted by molar-refractivity contribution is 7.92. The van der Waals surface area contributed by atoms with Crippen LogP contribution in [0.1, 0.15) is 16.7 Å². The fourth-order valence-electron chi connectivity index (χ4n) is 3.71. The minimum atomic E-state index is -3.38. The van der Waals surface area contributed by atoms with E-state index >= 15 is 0 Å². The molecule has 0 saturated heterocycles. The SMILES string of the molecule is CS(=O)(=O)Nc1ccccc1-c1ccc2c(c1)CCN(C(=O)OCc1ccccc1)C2. The summed E-state index contributed by atoms with van der Waals surface area (Å²) in [6.45, 7) is 1.33. The van der Waals surface area contributed by atoms with Crippen LogP contribution < -0.4 is 4.72 Å². The summed E-state index contributed by atoms with van der Waals surface area (Å²) in [4.78, 5) is 14.2. The van der Waals surface area contributed by atoms with Crippen LogP contribution >= 0.6 is 0 Å². The molecule has 160 valence electrons. The fourth-order valence-corrected chi connectivity index (χ4v) is 4.29. The number of hydrogen-bond donors (Lipinski definition) is 1. The number of ether oxygens (including phenoxy) is 1. The summed E-state index contributed by atoms with van der Waals surface area (Å²) in [5.74, 6) is 0. The van der Waals surface area contributed by atoms with E-state index in [1.165, 1.54) is 0 Å². The maximum Gasteiger partial charge on any atom is 0.410 e. The van der Waals surface area contributed by atoms with E-state index in [0.29, 0.717) is 25.2 Å². The van der Waals surface area contributed by atoms with Gasteiger partial charge in [0.1, 0.15) is 6.61 Å². The van der Waals surface area contributed by atoms with Gasteiger partial charge in [0.25, 0.3) is 0 Å². The number of sulfonamides is 1. The minimum Gasteiger partial charge on any atom is -0.445 e. The number of carbonyl (C=O) groups excluding carboxylic acids is 1. The van der Waals surface area contributed by atoms with E-state index in [9.17, 15) is 13.2 Å². The first-order valence-corrected chi connectivity index (χ1v) is 11.9. The second kappa shape index (κ2) is 8.81. The van der Waals surface area contributed by atoms with E-state index in [1.54, 1.807) is 17.0 Å². The Morgan fingerprint density at radius 3 is 2.52 bits per heavy atom. The molecular weight excluding hydrogens is 412 g/mol. The molecule has 0 aromatic heterocycles. The molecule has 3 aromatic rings. The van der Waals surface area contributed by atoms with E-state index in [4.69, 9.17) is 4.74 Å². The Bertz CT molecular complexity index is 1190. The number of anilines is 1. The van der Waals surface area contributed by atoms with Crippen molar-refractivity contribution in [3.05, 3.63) is 89.5 Å². The minimum absolute atomic E-state index is 0.256. The molecule has 6 nitrogen and oxygen atoms in total. The van der Waals surface area contributed by atoms with Crippen molar-refractivity contribution in [3.63, 3.8) is 0 Å². The number of nitrogens with zero attached hydrogens (tertiary/aromatic N) is 1. The molecule has 1 heterocycles. The average Bonchev–Trinajstić information content (AvgIpc) is 2.77. The van der Waals surface area contributed by atoms with E-state index in [2.05, 4.69) is 10.8 Å². The molecule has 1 aliphatic heterocycles. The van der Waals surface area contributed by atoms with Crippen molar-refractivity contribution >= 4 is 21.8 Å². The van der Waals surface area contributed by atoms with Crippen LogP contribution in [-0.4, -0.2) is 32.2 Å². The Hall–Kier alpha value is -3.32. The summed E-state index contributed by atoms with van der Waals surface area (Å²) >= 11 is 0. The van der Waals surface area contributed by atoms with Gasteiger partial charge in [-0.05, 0) is 34.7 Å². The molecule has 0 bridgehead atoms. The lowest BCUT2D eigenvalue weighted by Crippen LogP contribution is -2.36. The molecule has 1 N–H and O–H groups in total. The van der Waals surface area contributed by atoms with Gasteiger partial charge in [-0.2, -0.15) is 0 Å². The van der Waals surface area contributed by atoms with Crippen LogP contribution in [0.5, 0.6) is 0 Å².